The minimum atomic E-state index is -0.312. The summed E-state index contributed by atoms with van der Waals surface area (Å²) in [6.45, 7) is 2.76. The first-order valence-electron chi connectivity index (χ1n) is 9.04. The second kappa shape index (κ2) is 8.61. The van der Waals surface area contributed by atoms with Gasteiger partial charge in [0.25, 0.3) is 5.91 Å². The number of amides is 1. The lowest BCUT2D eigenvalue weighted by Gasteiger charge is -2.07. The quantitative estimate of drug-likeness (QED) is 0.501. The van der Waals surface area contributed by atoms with Gasteiger partial charge in [0, 0.05) is 17.1 Å². The van der Waals surface area contributed by atoms with Gasteiger partial charge in [0.2, 0.25) is 0 Å². The summed E-state index contributed by atoms with van der Waals surface area (Å²) in [5.41, 5.74) is 2.12. The lowest BCUT2D eigenvalue weighted by molar-refractivity contribution is 0.102. The van der Waals surface area contributed by atoms with E-state index in [2.05, 4.69) is 32.3 Å². The van der Waals surface area contributed by atoms with E-state index in [0.29, 0.717) is 23.1 Å². The molecule has 4 rings (SSSR count). The molecule has 8 nitrogen and oxygen atoms in total. The maximum atomic E-state index is 12.8. The molecule has 9 heteroatoms. The van der Waals surface area contributed by atoms with E-state index in [1.165, 1.54) is 28.7 Å². The van der Waals surface area contributed by atoms with Gasteiger partial charge >= 0.3 is 0 Å². The Kier molecular flexibility index (Phi) is 5.57. The Morgan fingerprint density at radius 2 is 2.10 bits per heavy atom. The van der Waals surface area contributed by atoms with Crippen LogP contribution in [0.5, 0.6) is 5.75 Å². The normalized spacial score (nSPS) is 10.7. The van der Waals surface area contributed by atoms with Gasteiger partial charge in [-0.25, -0.2) is 19.6 Å². The zero-order chi connectivity index (χ0) is 20.1. The van der Waals surface area contributed by atoms with E-state index < -0.39 is 0 Å². The van der Waals surface area contributed by atoms with Crippen LogP contribution >= 0.6 is 11.3 Å². The second-order valence-electron chi connectivity index (χ2n) is 6.08. The number of rotatable bonds is 7. The predicted molar refractivity (Wildman–Crippen MR) is 110 cm³/mol. The summed E-state index contributed by atoms with van der Waals surface area (Å²) in [6.07, 6.45) is 5.45. The maximum absolute atomic E-state index is 12.8. The molecule has 1 aromatic carbocycles. The Labute approximate surface area is 171 Å². The SMILES string of the molecule is CCCOc1ccc(-c2csc(NC(=O)c3cccnc3-n3cncn3)n2)cc1. The van der Waals surface area contributed by atoms with Gasteiger partial charge in [-0.3, -0.25) is 10.1 Å². The number of anilines is 1. The summed E-state index contributed by atoms with van der Waals surface area (Å²) in [7, 11) is 0. The second-order valence-corrected chi connectivity index (χ2v) is 6.94. The topological polar surface area (TPSA) is 94.8 Å². The molecule has 29 heavy (non-hydrogen) atoms. The average Bonchev–Trinajstić information content (AvgIpc) is 3.45. The van der Waals surface area contributed by atoms with Gasteiger partial charge in [-0.2, -0.15) is 5.10 Å². The highest BCUT2D eigenvalue weighted by atomic mass is 32.1. The molecule has 146 valence electrons. The van der Waals surface area contributed by atoms with Crippen molar-refractivity contribution in [3.63, 3.8) is 0 Å². The molecule has 4 aromatic rings. The number of carbonyl (C=O) groups excluding carboxylic acids is 1. The van der Waals surface area contributed by atoms with Crippen LogP contribution < -0.4 is 10.1 Å². The molecule has 0 unspecified atom stereocenters. The van der Waals surface area contributed by atoms with Crippen LogP contribution in [0.4, 0.5) is 5.13 Å². The first kappa shape index (κ1) is 18.8. The molecule has 3 heterocycles. The molecule has 0 radical (unpaired) electrons. The standard InChI is InChI=1S/C20H18N6O2S/c1-2-10-28-15-7-5-14(6-8-15)17-11-29-20(24-17)25-19(27)16-4-3-9-22-18(16)26-13-21-12-23-26/h3-9,11-13H,2,10H2,1H3,(H,24,25,27). The van der Waals surface area contributed by atoms with Crippen molar-refractivity contribution in [3.05, 3.63) is 66.2 Å². The van der Waals surface area contributed by atoms with E-state index in [4.69, 9.17) is 4.74 Å². The van der Waals surface area contributed by atoms with Gasteiger partial charge in [0.15, 0.2) is 10.9 Å². The number of benzene rings is 1. The summed E-state index contributed by atoms with van der Waals surface area (Å²) in [5.74, 6) is 0.923. The van der Waals surface area contributed by atoms with Crippen molar-refractivity contribution in [2.75, 3.05) is 11.9 Å². The molecule has 1 amide bonds. The number of aromatic nitrogens is 5. The van der Waals surface area contributed by atoms with Crippen molar-refractivity contribution < 1.29 is 9.53 Å². The number of thiazole rings is 1. The van der Waals surface area contributed by atoms with E-state index >= 15 is 0 Å². The Bertz CT molecular complexity index is 1090. The molecule has 1 N–H and O–H groups in total. The van der Waals surface area contributed by atoms with Crippen molar-refractivity contribution in [1.82, 2.24) is 24.7 Å². The van der Waals surface area contributed by atoms with Crippen LogP contribution in [0.25, 0.3) is 17.1 Å². The largest absolute Gasteiger partial charge is 0.494 e. The molecule has 0 spiro atoms. The number of nitrogens with one attached hydrogen (secondary N) is 1. The molecule has 0 aliphatic rings. The van der Waals surface area contributed by atoms with E-state index in [9.17, 15) is 4.79 Å². The molecule has 0 aliphatic heterocycles. The molecule has 0 saturated heterocycles. The molecule has 3 aromatic heterocycles. The Morgan fingerprint density at radius 1 is 1.24 bits per heavy atom. The van der Waals surface area contributed by atoms with Crippen LogP contribution in [-0.4, -0.2) is 37.2 Å². The third kappa shape index (κ3) is 4.30. The van der Waals surface area contributed by atoms with Crippen LogP contribution in [-0.2, 0) is 0 Å². The summed E-state index contributed by atoms with van der Waals surface area (Å²) in [5, 5.41) is 9.28. The van der Waals surface area contributed by atoms with Crippen LogP contribution in [0.15, 0.2) is 60.6 Å². The molecule has 0 aliphatic carbocycles. The fraction of sp³-hybridized carbons (Fsp3) is 0.150. The molecule has 0 atom stereocenters. The van der Waals surface area contributed by atoms with Crippen LogP contribution in [0, 0.1) is 0 Å². The molecule has 0 saturated carbocycles. The van der Waals surface area contributed by atoms with Gasteiger partial charge in [0.05, 0.1) is 17.9 Å². The Hall–Kier alpha value is -3.59. The minimum absolute atomic E-state index is 0.312. The number of hydrogen-bond donors (Lipinski definition) is 1. The Morgan fingerprint density at radius 3 is 2.86 bits per heavy atom. The van der Waals surface area contributed by atoms with E-state index in [-0.39, 0.29) is 5.91 Å². The Balaban J connectivity index is 1.49. The van der Waals surface area contributed by atoms with E-state index in [1.54, 1.807) is 18.3 Å². The van der Waals surface area contributed by atoms with Gasteiger partial charge in [-0.05, 0) is 42.8 Å². The highest BCUT2D eigenvalue weighted by Crippen LogP contribution is 2.27. The van der Waals surface area contributed by atoms with Crippen molar-refractivity contribution in [1.29, 1.82) is 0 Å². The lowest BCUT2D eigenvalue weighted by Crippen LogP contribution is -2.16. The first-order chi connectivity index (χ1) is 14.2. The number of ether oxygens (including phenoxy) is 1. The maximum Gasteiger partial charge on any atom is 0.261 e. The minimum Gasteiger partial charge on any atom is -0.494 e. The summed E-state index contributed by atoms with van der Waals surface area (Å²) in [4.78, 5) is 25.4. The third-order valence-electron chi connectivity index (χ3n) is 4.01. The van der Waals surface area contributed by atoms with E-state index in [1.807, 2.05) is 29.6 Å². The van der Waals surface area contributed by atoms with Gasteiger partial charge in [-0.15, -0.1) is 11.3 Å². The molecular weight excluding hydrogens is 388 g/mol. The third-order valence-corrected chi connectivity index (χ3v) is 4.77. The summed E-state index contributed by atoms with van der Waals surface area (Å²) < 4.78 is 7.05. The van der Waals surface area contributed by atoms with Crippen LogP contribution in [0.2, 0.25) is 0 Å². The van der Waals surface area contributed by atoms with Crippen molar-refractivity contribution >= 4 is 22.4 Å². The zero-order valence-electron chi connectivity index (χ0n) is 15.6. The fourth-order valence-electron chi connectivity index (χ4n) is 2.64. The number of hydrogen-bond acceptors (Lipinski definition) is 7. The summed E-state index contributed by atoms with van der Waals surface area (Å²) >= 11 is 1.36. The number of carbonyl (C=O) groups is 1. The fourth-order valence-corrected chi connectivity index (χ4v) is 3.36. The van der Waals surface area contributed by atoms with Crippen LogP contribution in [0.1, 0.15) is 23.7 Å². The molecule has 0 fully saturated rings. The number of pyridine rings is 1. The number of nitrogens with zero attached hydrogens (tertiary/aromatic N) is 5. The smallest absolute Gasteiger partial charge is 0.261 e. The van der Waals surface area contributed by atoms with Gasteiger partial charge in [-0.1, -0.05) is 6.92 Å². The average molecular weight is 406 g/mol. The monoisotopic (exact) mass is 406 g/mol. The highest BCUT2D eigenvalue weighted by molar-refractivity contribution is 7.14. The predicted octanol–water partition coefficient (Wildman–Crippen LogP) is 3.83. The molecular formula is C20H18N6O2S. The van der Waals surface area contributed by atoms with Crippen molar-refractivity contribution in [3.8, 4) is 22.8 Å². The van der Waals surface area contributed by atoms with Crippen molar-refractivity contribution in [2.45, 2.75) is 13.3 Å². The first-order valence-corrected chi connectivity index (χ1v) is 9.92. The highest BCUT2D eigenvalue weighted by Gasteiger charge is 2.16. The zero-order valence-corrected chi connectivity index (χ0v) is 16.5. The van der Waals surface area contributed by atoms with Gasteiger partial charge < -0.3 is 4.74 Å². The summed E-state index contributed by atoms with van der Waals surface area (Å²) in [6, 6.07) is 11.1. The molecule has 0 bridgehead atoms. The van der Waals surface area contributed by atoms with Crippen molar-refractivity contribution in [2.24, 2.45) is 0 Å². The van der Waals surface area contributed by atoms with E-state index in [0.717, 1.165) is 23.4 Å². The van der Waals surface area contributed by atoms with Crippen LogP contribution in [0.3, 0.4) is 0 Å². The lowest BCUT2D eigenvalue weighted by atomic mass is 10.2. The van der Waals surface area contributed by atoms with Gasteiger partial charge in [0.1, 0.15) is 18.4 Å².